The smallest absolute Gasteiger partial charge is 0.228 e. The summed E-state index contributed by atoms with van der Waals surface area (Å²) in [5, 5.41) is 3.64. The minimum atomic E-state index is -0.0971. The van der Waals surface area contributed by atoms with E-state index in [9.17, 15) is 4.79 Å². The molecule has 34 heavy (non-hydrogen) atoms. The zero-order chi connectivity index (χ0) is 23.7. The van der Waals surface area contributed by atoms with Crippen molar-refractivity contribution in [1.82, 2.24) is 15.2 Å². The maximum Gasteiger partial charge on any atom is 0.228 e. The van der Waals surface area contributed by atoms with Crippen molar-refractivity contribution in [2.45, 2.75) is 83.1 Å². The van der Waals surface area contributed by atoms with Gasteiger partial charge in [-0.05, 0) is 68.1 Å². The van der Waals surface area contributed by atoms with Crippen LogP contribution in [0.4, 0.5) is 0 Å². The van der Waals surface area contributed by atoms with Gasteiger partial charge in [0.05, 0.1) is 5.92 Å². The number of carbonyl (C=O) groups excluding carboxylic acids is 1. The van der Waals surface area contributed by atoms with Crippen molar-refractivity contribution in [3.05, 3.63) is 65.0 Å². The summed E-state index contributed by atoms with van der Waals surface area (Å²) in [7, 11) is 0. The maximum absolute atomic E-state index is 14.4. The molecule has 0 saturated carbocycles. The van der Waals surface area contributed by atoms with Crippen LogP contribution in [-0.2, 0) is 16.6 Å². The van der Waals surface area contributed by atoms with E-state index >= 15 is 0 Å². The Balaban J connectivity index is 1.45. The molecular weight excluding hydrogens is 418 g/mol. The van der Waals surface area contributed by atoms with E-state index in [-0.39, 0.29) is 11.3 Å². The maximum atomic E-state index is 14.4. The molecular formula is C30H41N3O. The van der Waals surface area contributed by atoms with Crippen molar-refractivity contribution in [3.8, 4) is 0 Å². The number of aryl methyl sites for hydroxylation is 2. The van der Waals surface area contributed by atoms with Crippen LogP contribution in [0.25, 0.3) is 0 Å². The van der Waals surface area contributed by atoms with Crippen LogP contribution in [0.5, 0.6) is 0 Å². The first-order valence-electron chi connectivity index (χ1n) is 13.6. The van der Waals surface area contributed by atoms with Crippen molar-refractivity contribution < 1.29 is 4.79 Å². The molecule has 4 atom stereocenters. The fraction of sp³-hybridized carbons (Fsp3) is 0.600. The van der Waals surface area contributed by atoms with E-state index in [1.165, 1.54) is 16.8 Å². The van der Waals surface area contributed by atoms with E-state index < -0.39 is 0 Å². The summed E-state index contributed by atoms with van der Waals surface area (Å²) < 4.78 is 0. The van der Waals surface area contributed by atoms with E-state index in [0.29, 0.717) is 23.8 Å². The minimum absolute atomic E-state index is 0.0150. The van der Waals surface area contributed by atoms with Crippen LogP contribution < -0.4 is 5.32 Å². The van der Waals surface area contributed by atoms with Gasteiger partial charge in [0.1, 0.15) is 0 Å². The summed E-state index contributed by atoms with van der Waals surface area (Å²) in [5.41, 5.74) is 4.99. The van der Waals surface area contributed by atoms with Crippen LogP contribution in [0.2, 0.25) is 0 Å². The molecule has 2 fully saturated rings. The molecule has 1 amide bonds. The second-order valence-electron chi connectivity index (χ2n) is 10.9. The highest BCUT2D eigenvalue weighted by atomic mass is 16.2. The lowest BCUT2D eigenvalue weighted by Crippen LogP contribution is -2.55. The second-order valence-corrected chi connectivity index (χ2v) is 10.9. The van der Waals surface area contributed by atoms with E-state index in [4.69, 9.17) is 4.98 Å². The van der Waals surface area contributed by atoms with Crippen molar-refractivity contribution in [2.75, 3.05) is 19.6 Å². The number of aromatic nitrogens is 1. The average Bonchev–Trinajstić information content (AvgIpc) is 3.28. The van der Waals surface area contributed by atoms with Crippen LogP contribution in [0, 0.1) is 18.8 Å². The molecule has 4 nitrogen and oxygen atoms in total. The Morgan fingerprint density at radius 1 is 1.18 bits per heavy atom. The molecule has 3 heterocycles. The predicted molar refractivity (Wildman–Crippen MR) is 138 cm³/mol. The molecule has 2 aromatic rings. The van der Waals surface area contributed by atoms with Gasteiger partial charge in [-0.15, -0.1) is 0 Å². The predicted octanol–water partition coefficient (Wildman–Crippen LogP) is 5.39. The highest BCUT2D eigenvalue weighted by Gasteiger charge is 2.52. The van der Waals surface area contributed by atoms with Gasteiger partial charge in [0.25, 0.3) is 0 Å². The Morgan fingerprint density at radius 2 is 1.97 bits per heavy atom. The third-order valence-electron chi connectivity index (χ3n) is 9.23. The number of likely N-dealkylation sites (tertiary alicyclic amines) is 1. The number of piperidine rings is 1. The number of carbonyl (C=O) groups is 1. The number of benzene rings is 1. The number of fused-ring (bicyclic) bond motifs is 2. The molecule has 3 aliphatic rings. The number of rotatable bonds is 5. The first kappa shape index (κ1) is 23.5. The Morgan fingerprint density at radius 3 is 2.74 bits per heavy atom. The Hall–Kier alpha value is -2.20. The van der Waals surface area contributed by atoms with Crippen LogP contribution in [0.15, 0.2) is 42.5 Å². The lowest BCUT2D eigenvalue weighted by Gasteiger charge is -2.47. The van der Waals surface area contributed by atoms with Crippen molar-refractivity contribution >= 4 is 5.91 Å². The van der Waals surface area contributed by atoms with E-state index in [1.807, 2.05) is 0 Å². The van der Waals surface area contributed by atoms with Crippen LogP contribution in [0.3, 0.4) is 0 Å². The molecule has 2 saturated heterocycles. The number of hydrogen-bond acceptors (Lipinski definition) is 3. The number of nitrogens with zero attached hydrogens (tertiary/aromatic N) is 2. The van der Waals surface area contributed by atoms with Crippen molar-refractivity contribution in [2.24, 2.45) is 11.8 Å². The Kier molecular flexibility index (Phi) is 6.79. The van der Waals surface area contributed by atoms with Crippen LogP contribution in [-0.4, -0.2) is 41.5 Å². The third kappa shape index (κ3) is 4.08. The van der Waals surface area contributed by atoms with Gasteiger partial charge in [-0.2, -0.15) is 0 Å². The van der Waals surface area contributed by atoms with E-state index in [2.05, 4.69) is 73.5 Å². The summed E-state index contributed by atoms with van der Waals surface area (Å²) in [6.07, 6.45) is 7.67. The highest BCUT2D eigenvalue weighted by Crippen LogP contribution is 2.46. The largest absolute Gasteiger partial charge is 0.339 e. The summed E-state index contributed by atoms with van der Waals surface area (Å²) in [4.78, 5) is 21.6. The van der Waals surface area contributed by atoms with Crippen molar-refractivity contribution in [3.63, 3.8) is 0 Å². The molecule has 0 bridgehead atoms. The summed E-state index contributed by atoms with van der Waals surface area (Å²) >= 11 is 0. The third-order valence-corrected chi connectivity index (χ3v) is 9.23. The highest BCUT2D eigenvalue weighted by molar-refractivity contribution is 5.82. The fourth-order valence-electron chi connectivity index (χ4n) is 7.37. The zero-order valence-electron chi connectivity index (χ0n) is 21.2. The average molecular weight is 460 g/mol. The van der Waals surface area contributed by atoms with Gasteiger partial charge in [-0.1, -0.05) is 63.1 Å². The fourth-order valence-corrected chi connectivity index (χ4v) is 7.37. The molecule has 0 radical (unpaired) electrons. The molecule has 1 aromatic carbocycles. The van der Waals surface area contributed by atoms with E-state index in [1.54, 1.807) is 0 Å². The summed E-state index contributed by atoms with van der Waals surface area (Å²) in [6.45, 7) is 9.25. The molecule has 1 N–H and O–H groups in total. The molecule has 4 heteroatoms. The molecule has 182 valence electrons. The minimum Gasteiger partial charge on any atom is -0.339 e. The van der Waals surface area contributed by atoms with Crippen LogP contribution in [0.1, 0.15) is 80.8 Å². The van der Waals surface area contributed by atoms with Crippen LogP contribution >= 0.6 is 0 Å². The van der Waals surface area contributed by atoms with Crippen molar-refractivity contribution in [1.29, 1.82) is 0 Å². The molecule has 1 aromatic heterocycles. The number of amides is 1. The SMILES string of the molecule is CCC(CC)[C@@H]1C[C@H](c2ccccc2)CCN1C(=O)[C@@H]1CNC[C@]12CCCc1nc(C)ccc12. The number of nitrogens with one attached hydrogen (secondary N) is 1. The molecule has 2 aliphatic heterocycles. The van der Waals surface area contributed by atoms with Gasteiger partial charge < -0.3 is 10.2 Å². The first-order chi connectivity index (χ1) is 16.6. The normalized spacial score (nSPS) is 28.9. The number of hydrogen-bond donors (Lipinski definition) is 1. The number of pyridine rings is 1. The van der Waals surface area contributed by atoms with Gasteiger partial charge in [-0.3, -0.25) is 9.78 Å². The molecule has 1 spiro atoms. The molecule has 5 rings (SSSR count). The Bertz CT molecular complexity index is 1000. The van der Waals surface area contributed by atoms with Gasteiger partial charge in [0.15, 0.2) is 0 Å². The first-order valence-corrected chi connectivity index (χ1v) is 13.6. The van der Waals surface area contributed by atoms with Gasteiger partial charge in [0, 0.05) is 42.5 Å². The molecule has 1 aliphatic carbocycles. The van der Waals surface area contributed by atoms with Gasteiger partial charge in [0.2, 0.25) is 5.91 Å². The quantitative estimate of drug-likeness (QED) is 0.652. The topological polar surface area (TPSA) is 45.2 Å². The standard InChI is InChI=1S/C30H41N3O/c1-4-22(5-2)28-18-24(23-10-7-6-8-11-23)15-17-33(28)29(34)26-19-31-20-30(26)16-9-12-27-25(30)14-13-21(3)32-27/h6-8,10-11,13-14,22,24,26,28,31H,4-5,9,12,15-20H2,1-3H3/t24-,26+,28+,30+/m1/s1. The van der Waals surface area contributed by atoms with Gasteiger partial charge in [-0.25, -0.2) is 0 Å². The lowest BCUT2D eigenvalue weighted by molar-refractivity contribution is -0.142. The zero-order valence-corrected chi connectivity index (χ0v) is 21.2. The monoisotopic (exact) mass is 459 g/mol. The lowest BCUT2D eigenvalue weighted by atomic mass is 9.64. The van der Waals surface area contributed by atoms with Gasteiger partial charge >= 0.3 is 0 Å². The molecule has 0 unspecified atom stereocenters. The van der Waals surface area contributed by atoms with E-state index in [0.717, 1.165) is 70.3 Å². The summed E-state index contributed by atoms with van der Waals surface area (Å²) in [5.74, 6) is 1.51. The Labute approximate surface area is 205 Å². The second kappa shape index (κ2) is 9.81. The summed E-state index contributed by atoms with van der Waals surface area (Å²) in [6, 6.07) is 15.7.